The number of phenols is 2. The highest BCUT2D eigenvalue weighted by molar-refractivity contribution is 6.13. The molecule has 70 heavy (non-hydrogen) atoms. The highest BCUT2D eigenvalue weighted by Gasteiger charge is 2.21. The van der Waals surface area contributed by atoms with Crippen LogP contribution in [0.1, 0.15) is 34.6 Å². The van der Waals surface area contributed by atoms with Crippen molar-refractivity contribution >= 4 is 102 Å². The first-order valence-electron chi connectivity index (χ1n) is 21.8. The average Bonchev–Trinajstić information content (AvgIpc) is 3.35. The number of aromatic hydroxyl groups is 2. The van der Waals surface area contributed by atoms with E-state index in [1.165, 1.54) is 0 Å². The van der Waals surface area contributed by atoms with E-state index in [1.54, 1.807) is 123 Å². The van der Waals surface area contributed by atoms with Crippen molar-refractivity contribution in [2.24, 2.45) is 20.5 Å². The highest BCUT2D eigenvalue weighted by atomic mass is 16.3. The number of Topliss-reactive ketones (excluding diaryl/α,β-unsaturated/α-hetero) is 1. The van der Waals surface area contributed by atoms with E-state index in [9.17, 15) is 29.4 Å². The largest absolute Gasteiger partial charge is 0.505 e. The Kier molecular flexibility index (Phi) is 13.9. The second-order valence-electron chi connectivity index (χ2n) is 16.2. The first kappa shape index (κ1) is 46.8. The maximum absolute atomic E-state index is 13.6. The molecule has 15 heteroatoms. The van der Waals surface area contributed by atoms with Crippen molar-refractivity contribution in [1.82, 2.24) is 0 Å². The quantitative estimate of drug-likeness (QED) is 0.0364. The molecule has 0 aliphatic carbocycles. The number of anilines is 6. The van der Waals surface area contributed by atoms with Crippen LogP contribution in [0.25, 0.3) is 21.5 Å². The maximum atomic E-state index is 13.6. The van der Waals surface area contributed by atoms with E-state index < -0.39 is 11.8 Å². The Labute approximate surface area is 402 Å². The van der Waals surface area contributed by atoms with E-state index in [2.05, 4.69) is 60.2 Å². The number of carbonyl (C=O) groups is 4. The summed E-state index contributed by atoms with van der Waals surface area (Å²) in [6.45, 7) is 10.6. The molecule has 8 aromatic rings. The van der Waals surface area contributed by atoms with Crippen LogP contribution in [0.4, 0.5) is 56.9 Å². The molecule has 0 aliphatic rings. The molecule has 0 bridgehead atoms. The fraction of sp³-hybridized carbons (Fsp3) is 0.0545. The van der Waals surface area contributed by atoms with Crippen molar-refractivity contribution in [3.8, 4) is 11.5 Å². The van der Waals surface area contributed by atoms with Gasteiger partial charge in [-0.05, 0) is 127 Å². The number of rotatable bonds is 16. The lowest BCUT2D eigenvalue weighted by atomic mass is 10.0. The zero-order chi connectivity index (χ0) is 49.3. The molecular weight excluding hydrogens is 883 g/mol. The molecule has 0 heterocycles. The molecule has 8 aromatic carbocycles. The molecule has 0 fully saturated rings. The maximum Gasteiger partial charge on any atom is 0.259 e. The zero-order valence-electron chi connectivity index (χ0n) is 37.9. The Bertz CT molecular complexity index is 3440. The second kappa shape index (κ2) is 20.8. The van der Waals surface area contributed by atoms with Crippen molar-refractivity contribution in [3.05, 3.63) is 193 Å². The number of ketones is 1. The summed E-state index contributed by atoms with van der Waals surface area (Å²) in [6.07, 6.45) is 0. The molecule has 0 aliphatic heterocycles. The Morgan fingerprint density at radius 3 is 1.36 bits per heavy atom. The molecule has 0 radical (unpaired) electrons. The van der Waals surface area contributed by atoms with Gasteiger partial charge in [0.2, 0.25) is 0 Å². The number of nitrogens with zero attached hydrogens (tertiary/aromatic N) is 4. The van der Waals surface area contributed by atoms with Gasteiger partial charge in [0.1, 0.15) is 11.4 Å². The third kappa shape index (κ3) is 11.1. The van der Waals surface area contributed by atoms with Gasteiger partial charge in [-0.1, -0.05) is 73.8 Å². The van der Waals surface area contributed by atoms with Crippen LogP contribution in [-0.4, -0.2) is 40.3 Å². The van der Waals surface area contributed by atoms with Crippen molar-refractivity contribution < 1.29 is 29.4 Å². The number of phenolic OH excluding ortho intramolecular Hbond substituents is 2. The van der Waals surface area contributed by atoms with Gasteiger partial charge in [0.15, 0.2) is 17.3 Å². The van der Waals surface area contributed by atoms with Gasteiger partial charge in [-0.15, -0.1) is 10.2 Å². The molecule has 0 aromatic heterocycles. The number of hydrogen-bond donors (Lipinski definition) is 7. The van der Waals surface area contributed by atoms with Crippen molar-refractivity contribution in [1.29, 1.82) is 0 Å². The normalized spacial score (nSPS) is 11.1. The van der Waals surface area contributed by atoms with Crippen LogP contribution in [0, 0.1) is 0 Å². The molecule has 0 unspecified atom stereocenters. The smallest absolute Gasteiger partial charge is 0.259 e. The number of nitrogens with one attached hydrogen (secondary N) is 5. The van der Waals surface area contributed by atoms with Crippen LogP contribution in [0.3, 0.4) is 0 Å². The molecule has 8 rings (SSSR count). The summed E-state index contributed by atoms with van der Waals surface area (Å²) in [6, 6.07) is 45.4. The SMILES string of the molecule is C=C(C)C(=O)CNc1cccc(NC(=O)c2cc3ccccc3c(N=Nc3ccc(Nc4ccc(N=Nc5c(O)c(C(=O)Nc6cccc(NC(=O)C(=C)C)c6)cc6ccccc56)cc4)cc3)c2O)c1. The lowest BCUT2D eigenvalue weighted by Crippen LogP contribution is -2.15. The molecule has 0 atom stereocenters. The minimum Gasteiger partial charge on any atom is -0.505 e. The summed E-state index contributed by atoms with van der Waals surface area (Å²) >= 11 is 0. The van der Waals surface area contributed by atoms with Gasteiger partial charge in [0, 0.05) is 50.5 Å². The van der Waals surface area contributed by atoms with Gasteiger partial charge < -0.3 is 36.8 Å². The predicted molar refractivity (Wildman–Crippen MR) is 276 cm³/mol. The van der Waals surface area contributed by atoms with Gasteiger partial charge >= 0.3 is 0 Å². The van der Waals surface area contributed by atoms with E-state index in [0.717, 1.165) is 11.4 Å². The number of amides is 3. The summed E-state index contributed by atoms with van der Waals surface area (Å²) in [5, 5.41) is 57.6. The lowest BCUT2D eigenvalue weighted by molar-refractivity contribution is -0.114. The summed E-state index contributed by atoms with van der Waals surface area (Å²) in [4.78, 5) is 51.3. The highest BCUT2D eigenvalue weighted by Crippen LogP contribution is 2.41. The molecule has 346 valence electrons. The molecule has 15 nitrogen and oxygen atoms in total. The topological polar surface area (TPSA) is 218 Å². The van der Waals surface area contributed by atoms with Gasteiger partial charge in [0.25, 0.3) is 17.7 Å². The van der Waals surface area contributed by atoms with Crippen molar-refractivity contribution in [3.63, 3.8) is 0 Å². The van der Waals surface area contributed by atoms with Crippen LogP contribution >= 0.6 is 0 Å². The Morgan fingerprint density at radius 1 is 0.471 bits per heavy atom. The fourth-order valence-electron chi connectivity index (χ4n) is 7.14. The molecule has 0 saturated heterocycles. The minimum absolute atomic E-state index is 0.00362. The van der Waals surface area contributed by atoms with Crippen LogP contribution in [0.15, 0.2) is 202 Å². The summed E-state index contributed by atoms with van der Waals surface area (Å²) in [5.41, 5.74) is 5.42. The van der Waals surface area contributed by atoms with Crippen molar-refractivity contribution in [2.45, 2.75) is 13.8 Å². The van der Waals surface area contributed by atoms with E-state index in [0.29, 0.717) is 66.8 Å². The van der Waals surface area contributed by atoms with E-state index in [-0.39, 0.29) is 52.2 Å². The standard InChI is InChI=1S/C55H45N9O6/c1-32(2)48(65)31-56-40-13-9-14-41(29-40)59-54(69)46-27-34-11-5-7-17-44(34)49(51(46)66)63-61-38-23-19-36(20-24-38)57-37-21-25-39(26-22-37)62-64-50-45-18-8-6-12-35(45)28-47(52(50)67)55(70)60-43-16-10-15-42(30-43)58-53(68)33(3)4/h5-30,56-57,66-67H,1,3,31H2,2,4H3,(H,58,68)(H,59,69)(H,60,70). The van der Waals surface area contributed by atoms with E-state index in [1.807, 2.05) is 48.5 Å². The molecule has 7 N–H and O–H groups in total. The van der Waals surface area contributed by atoms with Crippen LogP contribution < -0.4 is 26.6 Å². The summed E-state index contributed by atoms with van der Waals surface area (Å²) in [5.74, 6) is -2.31. The molecule has 0 saturated carbocycles. The first-order valence-corrected chi connectivity index (χ1v) is 21.8. The van der Waals surface area contributed by atoms with Gasteiger partial charge in [-0.3, -0.25) is 19.2 Å². The summed E-state index contributed by atoms with van der Waals surface area (Å²) in [7, 11) is 0. The van der Waals surface area contributed by atoms with Gasteiger partial charge in [-0.2, -0.15) is 10.2 Å². The molecule has 0 spiro atoms. The number of carbonyl (C=O) groups excluding carboxylic acids is 4. The van der Waals surface area contributed by atoms with Gasteiger partial charge in [0.05, 0.1) is 29.0 Å². The number of benzene rings is 8. The number of hydrogen-bond acceptors (Lipinski definition) is 12. The molecule has 3 amide bonds. The molecular formula is C55H45N9O6. The Hall–Kier alpha value is -9.76. The van der Waals surface area contributed by atoms with Crippen LogP contribution in [0.2, 0.25) is 0 Å². The third-order valence-electron chi connectivity index (χ3n) is 10.8. The van der Waals surface area contributed by atoms with Crippen LogP contribution in [0.5, 0.6) is 11.5 Å². The second-order valence-corrected chi connectivity index (χ2v) is 16.2. The third-order valence-corrected chi connectivity index (χ3v) is 10.8. The van der Waals surface area contributed by atoms with E-state index >= 15 is 0 Å². The average molecular weight is 928 g/mol. The number of fused-ring (bicyclic) bond motifs is 2. The monoisotopic (exact) mass is 927 g/mol. The first-order chi connectivity index (χ1) is 33.8. The predicted octanol–water partition coefficient (Wildman–Crippen LogP) is 13.6. The number of azo groups is 2. The van der Waals surface area contributed by atoms with E-state index in [4.69, 9.17) is 0 Å². The fourth-order valence-corrected chi connectivity index (χ4v) is 7.14. The Balaban J connectivity index is 0.937. The van der Waals surface area contributed by atoms with Crippen LogP contribution in [-0.2, 0) is 9.59 Å². The zero-order valence-corrected chi connectivity index (χ0v) is 37.9. The Morgan fingerprint density at radius 2 is 0.900 bits per heavy atom. The van der Waals surface area contributed by atoms with Crippen molar-refractivity contribution in [2.75, 3.05) is 33.1 Å². The minimum atomic E-state index is -0.585. The lowest BCUT2D eigenvalue weighted by Gasteiger charge is -2.12. The van der Waals surface area contributed by atoms with Gasteiger partial charge in [-0.25, -0.2) is 0 Å². The summed E-state index contributed by atoms with van der Waals surface area (Å²) < 4.78 is 0.